The monoisotopic (exact) mass is 829 g/mol. The molecule has 0 aromatic carbocycles. The molecule has 3 fully saturated rings. The van der Waals surface area contributed by atoms with Gasteiger partial charge in [0.2, 0.25) is 0 Å². The summed E-state index contributed by atoms with van der Waals surface area (Å²) in [5.41, 5.74) is 0. The Morgan fingerprint density at radius 1 is 0.411 bits per heavy atom. The Bertz CT molecular complexity index is 938. The standard InChI is InChI=1S/C39H78NO15Si/c1-4-6-8-10-12-14-16-18-21-40(3,22-19-17-15-13-11-9-7-5-2)23-20-24-56(50-25-28-31(41)34(44)37(47)53-28,51-26-29-32(42)35(45)38(48)54-29)52-27-30-33(43)36(46)39(49)55-30/h28-39,41-49H,4-27H2,1-3H3/q+1. The minimum atomic E-state index is -4.01. The number of aliphatic hydroxyl groups excluding tert-OH is 9. The number of unbranched alkanes of at least 4 members (excludes halogenated alkanes) is 14. The van der Waals surface area contributed by atoms with Gasteiger partial charge in [-0.25, -0.2) is 0 Å². The molecule has 0 amide bonds. The third kappa shape index (κ3) is 16.2. The van der Waals surface area contributed by atoms with Crippen LogP contribution in [0, 0.1) is 0 Å². The summed E-state index contributed by atoms with van der Waals surface area (Å²) < 4.78 is 35.9. The average Bonchev–Trinajstić information content (AvgIpc) is 3.69. The molecule has 3 aliphatic heterocycles. The van der Waals surface area contributed by atoms with Crippen LogP contribution in [0.5, 0.6) is 0 Å². The van der Waals surface area contributed by atoms with Gasteiger partial charge >= 0.3 is 8.80 Å². The van der Waals surface area contributed by atoms with E-state index in [1.807, 2.05) is 0 Å². The minimum absolute atomic E-state index is 0.200. The van der Waals surface area contributed by atoms with Gasteiger partial charge in [-0.15, -0.1) is 0 Å². The molecule has 12 unspecified atom stereocenters. The van der Waals surface area contributed by atoms with Gasteiger partial charge in [-0.05, 0) is 25.7 Å². The zero-order valence-corrected chi connectivity index (χ0v) is 35.3. The van der Waals surface area contributed by atoms with Gasteiger partial charge < -0.3 is 77.9 Å². The zero-order valence-electron chi connectivity index (χ0n) is 34.3. The first-order valence-electron chi connectivity index (χ1n) is 21.6. The maximum Gasteiger partial charge on any atom is 0.501 e. The lowest BCUT2D eigenvalue weighted by Gasteiger charge is -2.37. The Morgan fingerprint density at radius 2 is 0.696 bits per heavy atom. The molecule has 12 atom stereocenters. The zero-order chi connectivity index (χ0) is 41.1. The van der Waals surface area contributed by atoms with Crippen molar-refractivity contribution in [3.8, 4) is 0 Å². The highest BCUT2D eigenvalue weighted by atomic mass is 28.4. The van der Waals surface area contributed by atoms with Crippen LogP contribution in [0.3, 0.4) is 0 Å². The van der Waals surface area contributed by atoms with Crippen LogP contribution >= 0.6 is 0 Å². The predicted octanol–water partition coefficient (Wildman–Crippen LogP) is 1.41. The van der Waals surface area contributed by atoms with E-state index in [9.17, 15) is 46.0 Å². The summed E-state index contributed by atoms with van der Waals surface area (Å²) in [4.78, 5) is 0. The van der Waals surface area contributed by atoms with E-state index in [0.29, 0.717) is 6.42 Å². The molecule has 16 nitrogen and oxygen atoms in total. The van der Waals surface area contributed by atoms with Gasteiger partial charge in [-0.2, -0.15) is 0 Å². The number of nitrogens with zero attached hydrogens (tertiary/aromatic N) is 1. The van der Waals surface area contributed by atoms with E-state index in [0.717, 1.165) is 49.8 Å². The first kappa shape index (κ1) is 49.9. The van der Waals surface area contributed by atoms with E-state index in [4.69, 9.17) is 27.5 Å². The Morgan fingerprint density at radius 3 is 0.982 bits per heavy atom. The number of aliphatic hydroxyl groups is 9. The second-order valence-corrected chi connectivity index (χ2v) is 19.3. The topological polar surface area (TPSA) is 237 Å². The summed E-state index contributed by atoms with van der Waals surface area (Å²) in [6.07, 6.45) is 2.58. The van der Waals surface area contributed by atoms with Crippen molar-refractivity contribution >= 4 is 8.80 Å². The van der Waals surface area contributed by atoms with E-state index in [2.05, 4.69) is 20.9 Å². The van der Waals surface area contributed by atoms with Crippen LogP contribution in [-0.4, -0.2) is 180 Å². The van der Waals surface area contributed by atoms with Gasteiger partial charge in [0.25, 0.3) is 0 Å². The van der Waals surface area contributed by atoms with E-state index >= 15 is 0 Å². The molecule has 0 aromatic heterocycles. The van der Waals surface area contributed by atoms with E-state index < -0.39 is 82.6 Å². The number of quaternary nitrogens is 1. The van der Waals surface area contributed by atoms with Crippen molar-refractivity contribution in [1.29, 1.82) is 0 Å². The van der Waals surface area contributed by atoms with Crippen LogP contribution < -0.4 is 0 Å². The molecular weight excluding hydrogens is 751 g/mol. The van der Waals surface area contributed by atoms with Crippen molar-refractivity contribution in [1.82, 2.24) is 0 Å². The van der Waals surface area contributed by atoms with Gasteiger partial charge in [-0.1, -0.05) is 90.9 Å². The van der Waals surface area contributed by atoms with Crippen LogP contribution in [-0.2, 0) is 27.5 Å². The SMILES string of the molecule is CCCCCCCCCC[N+](C)(CCCCCCCCCC)CCC[Si](OCC1OC(O)C(O)C1O)(OCC1OC(O)C(O)C1O)OCC1OC(O)C(O)C1O. The lowest BCUT2D eigenvalue weighted by Crippen LogP contribution is -2.53. The molecule has 0 bridgehead atoms. The third-order valence-corrected chi connectivity index (χ3v) is 14.5. The molecule has 56 heavy (non-hydrogen) atoms. The molecule has 3 aliphatic rings. The second-order valence-electron chi connectivity index (χ2n) is 16.6. The molecule has 17 heteroatoms. The molecule has 9 N–H and O–H groups in total. The van der Waals surface area contributed by atoms with E-state index in [1.54, 1.807) is 0 Å². The summed E-state index contributed by atoms with van der Waals surface area (Å²) in [7, 11) is -1.74. The largest absolute Gasteiger partial charge is 0.501 e. The quantitative estimate of drug-likeness (QED) is 0.0273. The van der Waals surface area contributed by atoms with Gasteiger partial charge in [0, 0.05) is 12.5 Å². The van der Waals surface area contributed by atoms with Crippen molar-refractivity contribution in [2.24, 2.45) is 0 Å². The Labute approximate surface area is 335 Å². The summed E-state index contributed by atoms with van der Waals surface area (Å²) in [5.74, 6) is 0. The van der Waals surface area contributed by atoms with Crippen LogP contribution in [0.15, 0.2) is 0 Å². The van der Waals surface area contributed by atoms with Crippen molar-refractivity contribution in [2.45, 2.75) is 203 Å². The molecule has 0 spiro atoms. The summed E-state index contributed by atoms with van der Waals surface area (Å²) >= 11 is 0. The van der Waals surface area contributed by atoms with Gasteiger partial charge in [0.05, 0.1) is 46.5 Å². The normalized spacial score (nSPS) is 33.4. The van der Waals surface area contributed by atoms with Crippen LogP contribution in [0.1, 0.15) is 123 Å². The number of rotatable bonds is 31. The fraction of sp³-hybridized carbons (Fsp3) is 1.00. The van der Waals surface area contributed by atoms with Gasteiger partial charge in [-0.3, -0.25) is 0 Å². The van der Waals surface area contributed by atoms with Crippen molar-refractivity contribution < 1.29 is 77.9 Å². The molecule has 0 aliphatic carbocycles. The third-order valence-electron chi connectivity index (χ3n) is 11.7. The van der Waals surface area contributed by atoms with Crippen molar-refractivity contribution in [3.63, 3.8) is 0 Å². The van der Waals surface area contributed by atoms with Crippen LogP contribution in [0.4, 0.5) is 0 Å². The maximum absolute atomic E-state index is 10.5. The lowest BCUT2D eigenvalue weighted by molar-refractivity contribution is -0.910. The number of ether oxygens (including phenoxy) is 3. The molecule has 0 aromatic rings. The fourth-order valence-corrected chi connectivity index (χ4v) is 10.4. The summed E-state index contributed by atoms with van der Waals surface area (Å²) in [6, 6.07) is 0.200. The highest BCUT2D eigenvalue weighted by molar-refractivity contribution is 6.60. The van der Waals surface area contributed by atoms with Gasteiger partial charge in [0.1, 0.15) is 54.9 Å². The Hall–Kier alpha value is -0.423. The fourth-order valence-electron chi connectivity index (χ4n) is 7.84. The van der Waals surface area contributed by atoms with Gasteiger partial charge in [0.15, 0.2) is 18.9 Å². The second kappa shape index (κ2) is 26.0. The summed E-state index contributed by atoms with van der Waals surface area (Å²) in [5, 5.41) is 92.1. The maximum atomic E-state index is 10.5. The Kier molecular flexibility index (Phi) is 23.2. The molecule has 332 valence electrons. The molecule has 0 saturated carbocycles. The molecule has 0 radical (unpaired) electrons. The molecule has 3 rings (SSSR count). The molecular formula is C39H78NO15Si+. The lowest BCUT2D eigenvalue weighted by atomic mass is 10.1. The molecule has 3 heterocycles. The summed E-state index contributed by atoms with van der Waals surface area (Å²) in [6.45, 7) is 6.07. The number of hydrogen-bond acceptors (Lipinski definition) is 15. The highest BCUT2D eigenvalue weighted by Crippen LogP contribution is 2.29. The van der Waals surface area contributed by atoms with E-state index in [-0.39, 0.29) is 25.9 Å². The van der Waals surface area contributed by atoms with E-state index in [1.165, 1.54) is 77.0 Å². The van der Waals surface area contributed by atoms with Crippen LogP contribution in [0.2, 0.25) is 6.04 Å². The number of hydrogen-bond donors (Lipinski definition) is 9. The first-order valence-corrected chi connectivity index (χ1v) is 23.5. The minimum Gasteiger partial charge on any atom is -0.387 e. The van der Waals surface area contributed by atoms with Crippen molar-refractivity contribution in [3.05, 3.63) is 0 Å². The van der Waals surface area contributed by atoms with Crippen molar-refractivity contribution in [2.75, 3.05) is 46.5 Å². The first-order chi connectivity index (χ1) is 26.8. The predicted molar refractivity (Wildman–Crippen MR) is 208 cm³/mol. The highest BCUT2D eigenvalue weighted by Gasteiger charge is 2.51. The molecule has 3 saturated heterocycles. The smallest absolute Gasteiger partial charge is 0.387 e. The average molecular weight is 829 g/mol. The van der Waals surface area contributed by atoms with Crippen LogP contribution in [0.25, 0.3) is 0 Å². The Balaban J connectivity index is 1.76.